The topological polar surface area (TPSA) is 120 Å². The van der Waals surface area contributed by atoms with Crippen LogP contribution in [0, 0.1) is 5.92 Å². The van der Waals surface area contributed by atoms with Gasteiger partial charge in [-0.3, -0.25) is 19.3 Å². The summed E-state index contributed by atoms with van der Waals surface area (Å²) in [4.78, 5) is 40.2. The Labute approximate surface area is 266 Å². The van der Waals surface area contributed by atoms with E-state index in [1.165, 1.54) is 13.2 Å². The summed E-state index contributed by atoms with van der Waals surface area (Å²) in [6.45, 7) is 2.96. The maximum atomic E-state index is 13.0. The Hall–Kier alpha value is -4.83. The number of hydrogen-bond acceptors (Lipinski definition) is 9. The molecule has 46 heavy (non-hydrogen) atoms. The highest BCUT2D eigenvalue weighted by molar-refractivity contribution is 5.71. The summed E-state index contributed by atoms with van der Waals surface area (Å²) in [5, 5.41) is 10.9. The summed E-state index contributed by atoms with van der Waals surface area (Å²) in [6.07, 6.45) is 1.59. The summed E-state index contributed by atoms with van der Waals surface area (Å²) in [5.41, 5.74) is 2.28. The SMILES string of the molecule is COC(=O)C[C@@H](c1ccc(OCCc2ccc(OC)cc2)cc1)c1oc(CN2C[C@@H]3C[C@H](C2)c2cccc(=O)n2C3)cc(=O)c1O. The van der Waals surface area contributed by atoms with Crippen LogP contribution in [0.5, 0.6) is 17.2 Å². The molecule has 2 aromatic carbocycles. The first kappa shape index (κ1) is 31.2. The maximum Gasteiger partial charge on any atom is 0.306 e. The number of pyridine rings is 1. The highest BCUT2D eigenvalue weighted by Gasteiger charge is 2.35. The molecule has 2 aromatic heterocycles. The van der Waals surface area contributed by atoms with Gasteiger partial charge in [0, 0.05) is 49.8 Å². The largest absolute Gasteiger partial charge is 0.502 e. The van der Waals surface area contributed by atoms with Gasteiger partial charge in [-0.15, -0.1) is 0 Å². The van der Waals surface area contributed by atoms with E-state index in [-0.39, 0.29) is 23.7 Å². The van der Waals surface area contributed by atoms with Crippen LogP contribution in [0.2, 0.25) is 0 Å². The van der Waals surface area contributed by atoms with Crippen LogP contribution >= 0.6 is 0 Å². The van der Waals surface area contributed by atoms with Gasteiger partial charge in [0.2, 0.25) is 11.2 Å². The Bertz CT molecular complexity index is 1790. The molecule has 0 aliphatic carbocycles. The molecule has 4 aromatic rings. The quantitative estimate of drug-likeness (QED) is 0.241. The fourth-order valence-electron chi connectivity index (χ4n) is 6.70. The van der Waals surface area contributed by atoms with Crippen molar-refractivity contribution in [2.24, 2.45) is 5.92 Å². The van der Waals surface area contributed by atoms with Crippen molar-refractivity contribution < 1.29 is 28.5 Å². The van der Waals surface area contributed by atoms with Crippen LogP contribution in [0.15, 0.2) is 86.8 Å². The summed E-state index contributed by atoms with van der Waals surface area (Å²) in [5.74, 6) is 0.588. The van der Waals surface area contributed by atoms with E-state index < -0.39 is 23.1 Å². The smallest absolute Gasteiger partial charge is 0.306 e. The number of ether oxygens (including phenoxy) is 3. The van der Waals surface area contributed by atoms with Gasteiger partial charge in [-0.25, -0.2) is 0 Å². The number of aromatic hydroxyl groups is 1. The Balaban J connectivity index is 1.19. The number of nitrogens with zero attached hydrogens (tertiary/aromatic N) is 2. The second kappa shape index (κ2) is 13.7. The van der Waals surface area contributed by atoms with Gasteiger partial charge in [0.25, 0.3) is 5.56 Å². The Morgan fingerprint density at radius 1 is 0.978 bits per heavy atom. The number of fused-ring (bicyclic) bond motifs is 4. The molecule has 0 spiro atoms. The normalized spacial score (nSPS) is 18.0. The Kier molecular flexibility index (Phi) is 9.25. The van der Waals surface area contributed by atoms with Crippen molar-refractivity contribution in [1.29, 1.82) is 0 Å². The van der Waals surface area contributed by atoms with Crippen LogP contribution in [0.25, 0.3) is 0 Å². The summed E-state index contributed by atoms with van der Waals surface area (Å²) >= 11 is 0. The average molecular weight is 627 g/mol. The number of likely N-dealkylation sites (tertiary alicyclic amines) is 1. The van der Waals surface area contributed by atoms with Gasteiger partial charge in [-0.2, -0.15) is 0 Å². The van der Waals surface area contributed by atoms with E-state index in [0.29, 0.717) is 55.7 Å². The lowest BCUT2D eigenvalue weighted by molar-refractivity contribution is -0.140. The molecule has 0 unspecified atom stereocenters. The molecular formula is C36H38N2O8. The zero-order valence-corrected chi connectivity index (χ0v) is 26.0. The fraction of sp³-hybridized carbons (Fsp3) is 0.361. The van der Waals surface area contributed by atoms with Crippen molar-refractivity contribution in [2.75, 3.05) is 33.9 Å². The first-order chi connectivity index (χ1) is 22.3. The van der Waals surface area contributed by atoms with Gasteiger partial charge < -0.3 is 28.3 Å². The van der Waals surface area contributed by atoms with E-state index in [4.69, 9.17) is 18.6 Å². The number of rotatable bonds is 11. The number of carbonyl (C=O) groups excluding carboxylic acids is 1. The van der Waals surface area contributed by atoms with Crippen molar-refractivity contribution >= 4 is 5.97 Å². The number of benzene rings is 2. The second-order valence-corrected chi connectivity index (χ2v) is 12.0. The van der Waals surface area contributed by atoms with Crippen LogP contribution in [-0.2, 0) is 29.0 Å². The summed E-state index contributed by atoms with van der Waals surface area (Å²) < 4.78 is 24.2. The molecule has 2 aliphatic rings. The Morgan fingerprint density at radius 2 is 1.74 bits per heavy atom. The average Bonchev–Trinajstić information content (AvgIpc) is 3.06. The molecular weight excluding hydrogens is 588 g/mol. The first-order valence-electron chi connectivity index (χ1n) is 15.5. The van der Waals surface area contributed by atoms with Crippen molar-refractivity contribution in [3.05, 3.63) is 122 Å². The third kappa shape index (κ3) is 6.87. The van der Waals surface area contributed by atoms with E-state index in [1.54, 1.807) is 43.5 Å². The number of aromatic nitrogens is 1. The lowest BCUT2D eigenvalue weighted by atomic mass is 9.83. The van der Waals surface area contributed by atoms with Crippen molar-refractivity contribution in [1.82, 2.24) is 9.47 Å². The van der Waals surface area contributed by atoms with Crippen LogP contribution in [0.1, 0.15) is 53.0 Å². The highest BCUT2D eigenvalue weighted by Crippen LogP contribution is 2.37. The standard InChI is InChI=1S/C36H38N2O8/c1-43-27-10-6-23(7-11-27)14-15-45-28-12-8-25(9-13-28)30(18-34(41)44-2)36-35(42)32(39)17-29(46-36)22-37-19-24-16-26(21-37)31-4-3-5-33(40)38(31)20-24/h3-13,17,24,26,30,42H,14-16,18-22H2,1-2H3/t24-,26+,30-/m0/s1. The van der Waals surface area contributed by atoms with Gasteiger partial charge in [0.1, 0.15) is 17.3 Å². The summed E-state index contributed by atoms with van der Waals surface area (Å²) in [6, 6.07) is 21.7. The fourth-order valence-corrected chi connectivity index (χ4v) is 6.70. The van der Waals surface area contributed by atoms with Crippen molar-refractivity contribution in [2.45, 2.75) is 44.2 Å². The number of methoxy groups -OCH3 is 2. The molecule has 10 heteroatoms. The van der Waals surface area contributed by atoms with Gasteiger partial charge in [0.15, 0.2) is 5.76 Å². The van der Waals surface area contributed by atoms with Gasteiger partial charge in [-0.1, -0.05) is 30.3 Å². The van der Waals surface area contributed by atoms with Gasteiger partial charge in [0.05, 0.1) is 39.7 Å². The zero-order chi connectivity index (χ0) is 32.2. The summed E-state index contributed by atoms with van der Waals surface area (Å²) in [7, 11) is 2.93. The van der Waals surface area contributed by atoms with Crippen molar-refractivity contribution in [3.8, 4) is 17.2 Å². The molecule has 4 heterocycles. The number of esters is 1. The maximum absolute atomic E-state index is 13.0. The first-order valence-corrected chi connectivity index (χ1v) is 15.5. The monoisotopic (exact) mass is 626 g/mol. The van der Waals surface area contributed by atoms with E-state index in [2.05, 4.69) is 4.90 Å². The van der Waals surface area contributed by atoms with E-state index in [1.807, 2.05) is 34.9 Å². The van der Waals surface area contributed by atoms with Crippen LogP contribution in [0.4, 0.5) is 0 Å². The molecule has 240 valence electrons. The lowest BCUT2D eigenvalue weighted by Crippen LogP contribution is -2.46. The van der Waals surface area contributed by atoms with Gasteiger partial charge in [-0.05, 0) is 53.8 Å². The molecule has 1 N–H and O–H groups in total. The molecule has 10 nitrogen and oxygen atoms in total. The zero-order valence-electron chi connectivity index (χ0n) is 26.0. The minimum absolute atomic E-state index is 0.0233. The van der Waals surface area contributed by atoms with Gasteiger partial charge >= 0.3 is 5.97 Å². The highest BCUT2D eigenvalue weighted by atomic mass is 16.5. The molecule has 2 bridgehead atoms. The molecule has 6 rings (SSSR count). The number of hydrogen-bond donors (Lipinski definition) is 1. The number of carbonyl (C=O) groups is 1. The molecule has 0 radical (unpaired) electrons. The second-order valence-electron chi connectivity index (χ2n) is 12.0. The van der Waals surface area contributed by atoms with Crippen LogP contribution in [-0.4, -0.2) is 54.5 Å². The molecule has 3 atom stereocenters. The minimum Gasteiger partial charge on any atom is -0.502 e. The Morgan fingerprint density at radius 3 is 2.48 bits per heavy atom. The molecule has 1 fully saturated rings. The molecule has 2 aliphatic heterocycles. The lowest BCUT2D eigenvalue weighted by Gasteiger charge is -2.42. The number of piperidine rings is 1. The van der Waals surface area contributed by atoms with E-state index in [9.17, 15) is 19.5 Å². The third-order valence-corrected chi connectivity index (χ3v) is 8.95. The minimum atomic E-state index is -0.757. The molecule has 0 amide bonds. The third-order valence-electron chi connectivity index (χ3n) is 8.95. The predicted molar refractivity (Wildman–Crippen MR) is 171 cm³/mol. The van der Waals surface area contributed by atoms with Crippen LogP contribution in [0.3, 0.4) is 0 Å². The molecule has 0 saturated carbocycles. The van der Waals surface area contributed by atoms with E-state index in [0.717, 1.165) is 30.0 Å². The van der Waals surface area contributed by atoms with Crippen LogP contribution < -0.4 is 20.5 Å². The van der Waals surface area contributed by atoms with Crippen molar-refractivity contribution in [3.63, 3.8) is 0 Å². The van der Waals surface area contributed by atoms with E-state index >= 15 is 0 Å². The predicted octanol–water partition coefficient (Wildman–Crippen LogP) is 4.45. The molecule has 1 saturated heterocycles.